The van der Waals surface area contributed by atoms with Crippen molar-refractivity contribution in [2.45, 2.75) is 0 Å². The second-order valence-electron chi connectivity index (χ2n) is 4.50. The van der Waals surface area contributed by atoms with E-state index in [1.54, 1.807) is 19.2 Å². The van der Waals surface area contributed by atoms with Crippen LogP contribution in [-0.4, -0.2) is 32.3 Å². The van der Waals surface area contributed by atoms with Gasteiger partial charge in [0, 0.05) is 16.8 Å². The van der Waals surface area contributed by atoms with Crippen LogP contribution in [0.25, 0.3) is 10.8 Å². The molecule has 2 aromatic carbocycles. The second-order valence-corrected chi connectivity index (χ2v) is 4.50. The van der Waals surface area contributed by atoms with Crippen LogP contribution in [0.15, 0.2) is 49.1 Å². The fraction of sp³-hybridized carbons (Fsp3) is 0.176. The van der Waals surface area contributed by atoms with Crippen LogP contribution >= 0.6 is 0 Å². The number of rotatable bonds is 6. The van der Waals surface area contributed by atoms with E-state index in [-0.39, 0.29) is 13.2 Å². The summed E-state index contributed by atoms with van der Waals surface area (Å²) in [5.41, 5.74) is 0. The van der Waals surface area contributed by atoms with Gasteiger partial charge in [0.25, 0.3) is 0 Å². The number of hydrogen-bond acceptors (Lipinski definition) is 5. The van der Waals surface area contributed by atoms with Crippen LogP contribution in [-0.2, 0) is 9.53 Å². The Morgan fingerprint density at radius 1 is 1.13 bits per heavy atom. The molecule has 0 fully saturated rings. The van der Waals surface area contributed by atoms with Gasteiger partial charge < -0.3 is 19.5 Å². The molecule has 0 heterocycles. The molecular weight excluding hydrogens is 298 g/mol. The first-order chi connectivity index (χ1) is 11.2. The third-order valence-corrected chi connectivity index (χ3v) is 3.05. The van der Waals surface area contributed by atoms with E-state index >= 15 is 0 Å². The summed E-state index contributed by atoms with van der Waals surface area (Å²) in [4.78, 5) is 22.7. The number of carbonyl (C=O) groups is 2. The molecule has 2 rings (SSSR count). The highest BCUT2D eigenvalue weighted by atomic mass is 16.6. The minimum absolute atomic E-state index is 0.0450. The Morgan fingerprint density at radius 3 is 2.43 bits per heavy atom. The van der Waals surface area contributed by atoms with Crippen LogP contribution in [0.2, 0.25) is 0 Å². The molecule has 120 valence electrons. The number of methoxy groups -OCH3 is 1. The standard InChI is InChI=1S/C17H17NO5/c1-3-16(19)22-11-10-18-17(20)23-15-9-5-6-12-13(15)7-4-8-14(12)21-2/h3-9H,1,10-11H2,2H3,(H,18,20). The van der Waals surface area contributed by atoms with Gasteiger partial charge in [-0.25, -0.2) is 9.59 Å². The third-order valence-electron chi connectivity index (χ3n) is 3.05. The molecule has 23 heavy (non-hydrogen) atoms. The van der Waals surface area contributed by atoms with E-state index in [0.717, 1.165) is 16.8 Å². The summed E-state index contributed by atoms with van der Waals surface area (Å²) in [5.74, 6) is 0.577. The predicted octanol–water partition coefficient (Wildman–Crippen LogP) is 2.67. The monoisotopic (exact) mass is 315 g/mol. The highest BCUT2D eigenvalue weighted by Crippen LogP contribution is 2.31. The molecule has 0 aliphatic heterocycles. The summed E-state index contributed by atoms with van der Waals surface area (Å²) in [5, 5.41) is 4.11. The largest absolute Gasteiger partial charge is 0.496 e. The molecule has 0 saturated carbocycles. The lowest BCUT2D eigenvalue weighted by atomic mass is 10.1. The maximum atomic E-state index is 11.8. The molecule has 0 aliphatic rings. The lowest BCUT2D eigenvalue weighted by molar-refractivity contribution is -0.137. The number of nitrogens with one attached hydrogen (secondary N) is 1. The Morgan fingerprint density at radius 2 is 1.78 bits per heavy atom. The van der Waals surface area contributed by atoms with Gasteiger partial charge in [-0.3, -0.25) is 0 Å². The van der Waals surface area contributed by atoms with Crippen LogP contribution in [0.1, 0.15) is 0 Å². The molecule has 0 radical (unpaired) electrons. The van der Waals surface area contributed by atoms with Gasteiger partial charge in [-0.05, 0) is 12.1 Å². The SMILES string of the molecule is C=CC(=O)OCCNC(=O)Oc1cccc2c(OC)cccc12. The smallest absolute Gasteiger partial charge is 0.412 e. The Hall–Kier alpha value is -3.02. The van der Waals surface area contributed by atoms with Crippen molar-refractivity contribution in [1.82, 2.24) is 5.32 Å². The van der Waals surface area contributed by atoms with E-state index in [1.165, 1.54) is 0 Å². The van der Waals surface area contributed by atoms with Crippen LogP contribution in [0.3, 0.4) is 0 Å². The van der Waals surface area contributed by atoms with Gasteiger partial charge in [0.05, 0.1) is 13.7 Å². The van der Waals surface area contributed by atoms with Crippen LogP contribution < -0.4 is 14.8 Å². The van der Waals surface area contributed by atoms with Gasteiger partial charge in [-0.2, -0.15) is 0 Å². The number of benzene rings is 2. The van der Waals surface area contributed by atoms with Crippen molar-refractivity contribution in [3.63, 3.8) is 0 Å². The Balaban J connectivity index is 2.00. The predicted molar refractivity (Wildman–Crippen MR) is 85.7 cm³/mol. The molecule has 0 saturated heterocycles. The van der Waals surface area contributed by atoms with Gasteiger partial charge in [-0.15, -0.1) is 0 Å². The molecular formula is C17H17NO5. The second kappa shape index (κ2) is 7.84. The van der Waals surface area contributed by atoms with E-state index in [0.29, 0.717) is 11.5 Å². The van der Waals surface area contributed by atoms with E-state index in [9.17, 15) is 9.59 Å². The zero-order chi connectivity index (χ0) is 16.7. The highest BCUT2D eigenvalue weighted by molar-refractivity contribution is 5.94. The van der Waals surface area contributed by atoms with Crippen LogP contribution in [0.5, 0.6) is 11.5 Å². The minimum atomic E-state index is -0.630. The van der Waals surface area contributed by atoms with Crippen molar-refractivity contribution >= 4 is 22.8 Å². The zero-order valence-corrected chi connectivity index (χ0v) is 12.7. The summed E-state index contributed by atoms with van der Waals surface area (Å²) in [7, 11) is 1.58. The van der Waals surface area contributed by atoms with E-state index in [4.69, 9.17) is 14.2 Å². The number of esters is 1. The number of amides is 1. The third kappa shape index (κ3) is 4.23. The molecule has 0 unspecified atom stereocenters. The van der Waals surface area contributed by atoms with Gasteiger partial charge in [0.2, 0.25) is 0 Å². The minimum Gasteiger partial charge on any atom is -0.496 e. The first-order valence-electron chi connectivity index (χ1n) is 6.96. The lowest BCUT2D eigenvalue weighted by Crippen LogP contribution is -2.30. The number of ether oxygens (including phenoxy) is 3. The number of fused-ring (bicyclic) bond motifs is 1. The van der Waals surface area contributed by atoms with Gasteiger partial charge in [-0.1, -0.05) is 30.8 Å². The summed E-state index contributed by atoms with van der Waals surface area (Å²) in [6.45, 7) is 3.47. The molecule has 0 spiro atoms. The number of hydrogen-bond donors (Lipinski definition) is 1. The van der Waals surface area contributed by atoms with E-state index < -0.39 is 12.1 Å². The van der Waals surface area contributed by atoms with E-state index in [1.807, 2.05) is 24.3 Å². The van der Waals surface area contributed by atoms with Gasteiger partial charge >= 0.3 is 12.1 Å². The molecule has 6 nitrogen and oxygen atoms in total. The molecule has 6 heteroatoms. The molecule has 0 atom stereocenters. The van der Waals surface area contributed by atoms with E-state index in [2.05, 4.69) is 11.9 Å². The maximum absolute atomic E-state index is 11.8. The zero-order valence-electron chi connectivity index (χ0n) is 12.7. The topological polar surface area (TPSA) is 73.9 Å². The Labute approximate surface area is 133 Å². The van der Waals surface area contributed by atoms with Crippen molar-refractivity contribution in [2.24, 2.45) is 0 Å². The molecule has 0 bridgehead atoms. The van der Waals surface area contributed by atoms with Crippen LogP contribution in [0.4, 0.5) is 4.79 Å². The number of carbonyl (C=O) groups excluding carboxylic acids is 2. The average Bonchev–Trinajstić information content (AvgIpc) is 2.58. The van der Waals surface area contributed by atoms with Crippen molar-refractivity contribution in [3.8, 4) is 11.5 Å². The summed E-state index contributed by atoms with van der Waals surface area (Å²) < 4.78 is 15.3. The van der Waals surface area contributed by atoms with Crippen LogP contribution in [0, 0.1) is 0 Å². The van der Waals surface area contributed by atoms with Crippen molar-refractivity contribution in [2.75, 3.05) is 20.3 Å². The first-order valence-corrected chi connectivity index (χ1v) is 6.96. The Bertz CT molecular complexity index is 726. The molecule has 1 N–H and O–H groups in total. The molecule has 0 aliphatic carbocycles. The van der Waals surface area contributed by atoms with Gasteiger partial charge in [0.1, 0.15) is 18.1 Å². The summed E-state index contributed by atoms with van der Waals surface area (Å²) in [6, 6.07) is 10.8. The summed E-state index contributed by atoms with van der Waals surface area (Å²) in [6.07, 6.45) is 0.428. The fourth-order valence-electron chi connectivity index (χ4n) is 2.02. The van der Waals surface area contributed by atoms with Crippen molar-refractivity contribution < 1.29 is 23.8 Å². The maximum Gasteiger partial charge on any atom is 0.412 e. The quantitative estimate of drug-likeness (QED) is 0.504. The highest BCUT2D eigenvalue weighted by Gasteiger charge is 2.10. The Kier molecular flexibility index (Phi) is 5.57. The van der Waals surface area contributed by atoms with Gasteiger partial charge in [0.15, 0.2) is 0 Å². The lowest BCUT2D eigenvalue weighted by Gasteiger charge is -2.11. The average molecular weight is 315 g/mol. The first kappa shape index (κ1) is 16.4. The molecule has 2 aromatic rings. The molecule has 1 amide bonds. The molecule has 0 aromatic heterocycles. The fourth-order valence-corrected chi connectivity index (χ4v) is 2.02. The summed E-state index contributed by atoms with van der Waals surface area (Å²) >= 11 is 0. The van der Waals surface area contributed by atoms with Crippen molar-refractivity contribution in [1.29, 1.82) is 0 Å². The van der Waals surface area contributed by atoms with Crippen molar-refractivity contribution in [3.05, 3.63) is 49.1 Å². The normalized spacial score (nSPS) is 9.96.